The van der Waals surface area contributed by atoms with Crippen molar-refractivity contribution in [1.82, 2.24) is 15.1 Å². The molecule has 0 saturated heterocycles. The van der Waals surface area contributed by atoms with Crippen LogP contribution in [0.3, 0.4) is 0 Å². The van der Waals surface area contributed by atoms with Crippen molar-refractivity contribution in [2.24, 2.45) is 0 Å². The van der Waals surface area contributed by atoms with E-state index in [4.69, 9.17) is 19.3 Å². The van der Waals surface area contributed by atoms with Crippen LogP contribution < -0.4 is 20.1 Å². The molecule has 41 heavy (non-hydrogen) atoms. The fourth-order valence-electron chi connectivity index (χ4n) is 4.71. The Bertz CT molecular complexity index is 1530. The van der Waals surface area contributed by atoms with Gasteiger partial charge in [0.1, 0.15) is 22.9 Å². The highest BCUT2D eigenvalue weighted by Gasteiger charge is 2.31. The van der Waals surface area contributed by atoms with Gasteiger partial charge in [0.05, 0.1) is 32.6 Å². The standard InChI is InChI=1S/C31H34N4O6/c1-20(36)32-19-9-5-6-18-26(37)33-28-29(31(38)41-4)34-35(23-15-10-13-21-12-7-8-14-22(21)23)30(28)27-24(39-2)16-11-17-25(27)40-3/h7-8,10-17H,5-6,9,18-19H2,1-4H3,(H,32,36)(H,33,37). The summed E-state index contributed by atoms with van der Waals surface area (Å²) in [6, 6.07) is 18.9. The predicted molar refractivity (Wildman–Crippen MR) is 157 cm³/mol. The van der Waals surface area contributed by atoms with Gasteiger partial charge in [-0.25, -0.2) is 9.48 Å². The first-order valence-electron chi connectivity index (χ1n) is 13.3. The fraction of sp³-hybridized carbons (Fsp3) is 0.290. The Balaban J connectivity index is 1.86. The summed E-state index contributed by atoms with van der Waals surface area (Å²) in [4.78, 5) is 37.4. The lowest BCUT2D eigenvalue weighted by atomic mass is 10.0. The summed E-state index contributed by atoms with van der Waals surface area (Å²) in [7, 11) is 4.35. The molecule has 0 saturated carbocycles. The molecule has 2 amide bonds. The molecular formula is C31H34N4O6. The molecule has 0 aliphatic carbocycles. The zero-order chi connectivity index (χ0) is 29.4. The minimum atomic E-state index is -0.704. The van der Waals surface area contributed by atoms with E-state index in [2.05, 4.69) is 10.6 Å². The van der Waals surface area contributed by atoms with Crippen molar-refractivity contribution in [3.05, 3.63) is 66.4 Å². The number of rotatable bonds is 12. The number of fused-ring (bicyclic) bond motifs is 1. The number of aromatic nitrogens is 2. The Hall–Kier alpha value is -4.86. The number of benzene rings is 3. The number of carbonyl (C=O) groups excluding carboxylic acids is 3. The first-order chi connectivity index (χ1) is 19.9. The Kier molecular flexibility index (Phi) is 9.57. The predicted octanol–water partition coefficient (Wildman–Crippen LogP) is 5.13. The second-order valence-corrected chi connectivity index (χ2v) is 9.35. The van der Waals surface area contributed by atoms with Gasteiger partial charge < -0.3 is 24.8 Å². The van der Waals surface area contributed by atoms with Crippen molar-refractivity contribution < 1.29 is 28.6 Å². The molecule has 0 fully saturated rings. The summed E-state index contributed by atoms with van der Waals surface area (Å²) in [5, 5.41) is 12.3. The van der Waals surface area contributed by atoms with Crippen LogP contribution in [0, 0.1) is 0 Å². The highest BCUT2D eigenvalue weighted by Crippen LogP contribution is 2.45. The molecule has 214 valence electrons. The van der Waals surface area contributed by atoms with Crippen LogP contribution in [0.15, 0.2) is 60.7 Å². The van der Waals surface area contributed by atoms with Crippen LogP contribution in [0.4, 0.5) is 5.69 Å². The summed E-state index contributed by atoms with van der Waals surface area (Å²) in [6.07, 6.45) is 2.31. The molecule has 1 heterocycles. The van der Waals surface area contributed by atoms with Crippen LogP contribution in [0.5, 0.6) is 11.5 Å². The maximum absolute atomic E-state index is 13.2. The number of carbonyl (C=O) groups is 3. The Labute approximate surface area is 238 Å². The van der Waals surface area contributed by atoms with Crippen LogP contribution >= 0.6 is 0 Å². The second kappa shape index (κ2) is 13.5. The van der Waals surface area contributed by atoms with Gasteiger partial charge in [-0.3, -0.25) is 9.59 Å². The summed E-state index contributed by atoms with van der Waals surface area (Å²) in [6.45, 7) is 2.03. The number of nitrogens with one attached hydrogen (secondary N) is 2. The first-order valence-corrected chi connectivity index (χ1v) is 13.3. The van der Waals surface area contributed by atoms with E-state index >= 15 is 0 Å². The van der Waals surface area contributed by atoms with Gasteiger partial charge in [0.15, 0.2) is 5.69 Å². The van der Waals surface area contributed by atoms with Crippen LogP contribution in [0.1, 0.15) is 43.1 Å². The van der Waals surface area contributed by atoms with Gasteiger partial charge in [-0.05, 0) is 36.4 Å². The van der Waals surface area contributed by atoms with E-state index in [0.29, 0.717) is 41.4 Å². The lowest BCUT2D eigenvalue weighted by Gasteiger charge is -2.17. The Morgan fingerprint density at radius 2 is 1.54 bits per heavy atom. The average molecular weight is 559 g/mol. The van der Waals surface area contributed by atoms with Gasteiger partial charge >= 0.3 is 5.97 Å². The smallest absolute Gasteiger partial charge is 0.360 e. The zero-order valence-electron chi connectivity index (χ0n) is 23.7. The largest absolute Gasteiger partial charge is 0.496 e. The number of hydrogen-bond acceptors (Lipinski definition) is 7. The molecule has 4 rings (SSSR count). The Morgan fingerprint density at radius 1 is 0.854 bits per heavy atom. The molecule has 1 aromatic heterocycles. The minimum Gasteiger partial charge on any atom is -0.496 e. The van der Waals surface area contributed by atoms with Crippen molar-refractivity contribution in [3.8, 4) is 28.4 Å². The molecule has 0 aliphatic rings. The number of amides is 2. The zero-order valence-corrected chi connectivity index (χ0v) is 23.7. The maximum atomic E-state index is 13.2. The lowest BCUT2D eigenvalue weighted by Crippen LogP contribution is -2.20. The molecule has 4 aromatic rings. The second-order valence-electron chi connectivity index (χ2n) is 9.35. The van der Waals surface area contributed by atoms with Crippen molar-refractivity contribution in [1.29, 1.82) is 0 Å². The maximum Gasteiger partial charge on any atom is 0.360 e. The minimum absolute atomic E-state index is 0.0533. The number of esters is 1. The van der Waals surface area contributed by atoms with Gasteiger partial charge in [-0.2, -0.15) is 5.10 Å². The molecule has 0 spiro atoms. The monoisotopic (exact) mass is 558 g/mol. The van der Waals surface area contributed by atoms with Gasteiger partial charge in [0, 0.05) is 25.3 Å². The fourth-order valence-corrected chi connectivity index (χ4v) is 4.71. The summed E-state index contributed by atoms with van der Waals surface area (Å²) in [5.74, 6) is -0.140. The number of methoxy groups -OCH3 is 3. The molecule has 0 unspecified atom stereocenters. The van der Waals surface area contributed by atoms with Gasteiger partial charge in [-0.15, -0.1) is 0 Å². The lowest BCUT2D eigenvalue weighted by molar-refractivity contribution is -0.119. The third-order valence-corrected chi connectivity index (χ3v) is 6.64. The quantitative estimate of drug-likeness (QED) is 0.183. The van der Waals surface area contributed by atoms with Crippen molar-refractivity contribution in [2.75, 3.05) is 33.2 Å². The van der Waals surface area contributed by atoms with Crippen molar-refractivity contribution in [2.45, 2.75) is 32.6 Å². The molecule has 10 nitrogen and oxygen atoms in total. The van der Waals surface area contributed by atoms with E-state index in [0.717, 1.165) is 23.6 Å². The van der Waals surface area contributed by atoms with E-state index in [1.54, 1.807) is 22.9 Å². The highest BCUT2D eigenvalue weighted by molar-refractivity contribution is 6.06. The van der Waals surface area contributed by atoms with E-state index in [1.165, 1.54) is 28.3 Å². The molecule has 10 heteroatoms. The molecule has 2 N–H and O–H groups in total. The summed E-state index contributed by atoms with van der Waals surface area (Å²) >= 11 is 0. The number of anilines is 1. The molecular weight excluding hydrogens is 524 g/mol. The van der Waals surface area contributed by atoms with Crippen LogP contribution in [0.25, 0.3) is 27.7 Å². The normalized spacial score (nSPS) is 10.7. The van der Waals surface area contributed by atoms with E-state index in [-0.39, 0.29) is 29.6 Å². The van der Waals surface area contributed by atoms with Crippen molar-refractivity contribution in [3.63, 3.8) is 0 Å². The number of unbranched alkanes of at least 4 members (excludes halogenated alkanes) is 2. The number of hydrogen-bond donors (Lipinski definition) is 2. The van der Waals surface area contributed by atoms with Gasteiger partial charge in [-0.1, -0.05) is 48.9 Å². The van der Waals surface area contributed by atoms with E-state index in [9.17, 15) is 14.4 Å². The van der Waals surface area contributed by atoms with Gasteiger partial charge in [0.25, 0.3) is 0 Å². The molecule has 0 radical (unpaired) electrons. The summed E-state index contributed by atoms with van der Waals surface area (Å²) < 4.78 is 18.1. The highest BCUT2D eigenvalue weighted by atomic mass is 16.5. The molecule has 0 atom stereocenters. The number of ether oxygens (including phenoxy) is 3. The third-order valence-electron chi connectivity index (χ3n) is 6.64. The van der Waals surface area contributed by atoms with E-state index < -0.39 is 5.97 Å². The Morgan fingerprint density at radius 3 is 2.22 bits per heavy atom. The average Bonchev–Trinajstić information content (AvgIpc) is 3.35. The molecule has 0 aliphatic heterocycles. The third kappa shape index (κ3) is 6.49. The SMILES string of the molecule is COC(=O)c1nn(-c2cccc3ccccc23)c(-c2c(OC)cccc2OC)c1NC(=O)CCCCCNC(C)=O. The first kappa shape index (κ1) is 29.1. The molecule has 0 bridgehead atoms. The van der Waals surface area contributed by atoms with Crippen LogP contribution in [0.2, 0.25) is 0 Å². The van der Waals surface area contributed by atoms with Crippen LogP contribution in [-0.4, -0.2) is 55.4 Å². The van der Waals surface area contributed by atoms with Crippen molar-refractivity contribution >= 4 is 34.2 Å². The topological polar surface area (TPSA) is 121 Å². The molecule has 3 aromatic carbocycles. The van der Waals surface area contributed by atoms with E-state index in [1.807, 2.05) is 42.5 Å². The van der Waals surface area contributed by atoms with Gasteiger partial charge in [0.2, 0.25) is 11.8 Å². The number of nitrogens with zero attached hydrogens (tertiary/aromatic N) is 2. The summed E-state index contributed by atoms with van der Waals surface area (Å²) in [5.41, 5.74) is 1.75. The van der Waals surface area contributed by atoms with Crippen LogP contribution in [-0.2, 0) is 14.3 Å².